The van der Waals surface area contributed by atoms with E-state index in [1.165, 1.54) is 77.0 Å². The Morgan fingerprint density at radius 3 is 2.20 bits per heavy atom. The number of ether oxygens (including phenoxy) is 1. The molecular formula is C22H45NO2. The number of aliphatic hydroxyl groups is 1. The summed E-state index contributed by atoms with van der Waals surface area (Å²) in [6.07, 6.45) is 18.0. The first kappa shape index (κ1) is 24.5. The van der Waals surface area contributed by atoms with Crippen LogP contribution in [0.4, 0.5) is 0 Å². The molecule has 0 aromatic carbocycles. The average molecular weight is 356 g/mol. The Kier molecular flexibility index (Phi) is 19.4. The molecule has 0 amide bonds. The highest BCUT2D eigenvalue weighted by Crippen LogP contribution is 2.18. The molecule has 0 rings (SSSR count). The van der Waals surface area contributed by atoms with Crippen molar-refractivity contribution in [1.29, 1.82) is 0 Å². The molecule has 1 atom stereocenters. The third kappa shape index (κ3) is 18.1. The Balaban J connectivity index is 3.48. The van der Waals surface area contributed by atoms with Crippen LogP contribution < -0.4 is 5.32 Å². The summed E-state index contributed by atoms with van der Waals surface area (Å²) in [5, 5.41) is 11.9. The van der Waals surface area contributed by atoms with E-state index in [1.807, 2.05) is 0 Å². The molecule has 25 heavy (non-hydrogen) atoms. The van der Waals surface area contributed by atoms with Crippen LogP contribution in [0.25, 0.3) is 0 Å². The van der Waals surface area contributed by atoms with Crippen LogP contribution in [0.2, 0.25) is 0 Å². The Labute approximate surface area is 157 Å². The first-order valence-corrected chi connectivity index (χ1v) is 10.9. The van der Waals surface area contributed by atoms with Gasteiger partial charge in [0, 0.05) is 13.0 Å². The van der Waals surface area contributed by atoms with Gasteiger partial charge < -0.3 is 15.2 Å². The molecule has 0 aromatic rings. The van der Waals surface area contributed by atoms with Crippen LogP contribution in [0.1, 0.15) is 104 Å². The highest BCUT2D eigenvalue weighted by molar-refractivity contribution is 4.83. The van der Waals surface area contributed by atoms with Gasteiger partial charge in [0.25, 0.3) is 0 Å². The summed E-state index contributed by atoms with van der Waals surface area (Å²) >= 11 is 0. The second-order valence-corrected chi connectivity index (χ2v) is 7.23. The van der Waals surface area contributed by atoms with Crippen molar-refractivity contribution in [2.45, 2.75) is 110 Å². The van der Waals surface area contributed by atoms with Gasteiger partial charge in [-0.1, -0.05) is 71.8 Å². The summed E-state index contributed by atoms with van der Waals surface area (Å²) in [6.45, 7) is 10.6. The van der Waals surface area contributed by atoms with Gasteiger partial charge in [-0.2, -0.15) is 0 Å². The predicted molar refractivity (Wildman–Crippen MR) is 110 cm³/mol. The third-order valence-electron chi connectivity index (χ3n) is 4.77. The summed E-state index contributed by atoms with van der Waals surface area (Å²) in [5.74, 6) is 0.988. The molecule has 0 spiro atoms. The third-order valence-corrected chi connectivity index (χ3v) is 4.77. The molecule has 0 aromatic heterocycles. The zero-order valence-corrected chi connectivity index (χ0v) is 17.2. The fourth-order valence-corrected chi connectivity index (χ4v) is 3.10. The quantitative estimate of drug-likeness (QED) is 0.209. The number of aliphatic hydroxyl groups excluding tert-OH is 1. The second-order valence-electron chi connectivity index (χ2n) is 7.23. The van der Waals surface area contributed by atoms with Gasteiger partial charge in [-0.25, -0.2) is 0 Å². The van der Waals surface area contributed by atoms with Crippen molar-refractivity contribution in [3.05, 3.63) is 12.3 Å². The lowest BCUT2D eigenvalue weighted by molar-refractivity contribution is 0.0960. The molecule has 0 heterocycles. The summed E-state index contributed by atoms with van der Waals surface area (Å²) in [5.41, 5.74) is 0. The molecule has 1 unspecified atom stereocenters. The van der Waals surface area contributed by atoms with E-state index in [-0.39, 0.29) is 6.61 Å². The summed E-state index contributed by atoms with van der Waals surface area (Å²) in [6, 6.07) is 0. The van der Waals surface area contributed by atoms with Crippen LogP contribution >= 0.6 is 0 Å². The van der Waals surface area contributed by atoms with Crippen LogP contribution in [0.15, 0.2) is 12.3 Å². The number of hydrogen-bond acceptors (Lipinski definition) is 3. The monoisotopic (exact) mass is 355 g/mol. The van der Waals surface area contributed by atoms with E-state index < -0.39 is 0 Å². The van der Waals surface area contributed by atoms with E-state index in [2.05, 4.69) is 25.7 Å². The van der Waals surface area contributed by atoms with Crippen LogP contribution in [0.3, 0.4) is 0 Å². The lowest BCUT2D eigenvalue weighted by Crippen LogP contribution is -2.19. The number of unbranched alkanes of at least 4 members (excludes halogenated alkanes) is 9. The van der Waals surface area contributed by atoms with E-state index in [0.29, 0.717) is 12.6 Å². The van der Waals surface area contributed by atoms with Crippen LogP contribution in [0.5, 0.6) is 0 Å². The molecule has 0 saturated heterocycles. The Morgan fingerprint density at radius 2 is 1.52 bits per heavy atom. The minimum absolute atomic E-state index is 0.236. The van der Waals surface area contributed by atoms with Crippen LogP contribution in [-0.2, 0) is 4.74 Å². The van der Waals surface area contributed by atoms with Crippen molar-refractivity contribution in [3.8, 4) is 0 Å². The van der Waals surface area contributed by atoms with Gasteiger partial charge in [0.15, 0.2) is 0 Å². The van der Waals surface area contributed by atoms with Crippen molar-refractivity contribution in [2.24, 2.45) is 0 Å². The fraction of sp³-hybridized carbons (Fsp3) is 0.909. The lowest BCUT2D eigenvalue weighted by atomic mass is 10.1. The Bertz CT molecular complexity index is 281. The zero-order valence-electron chi connectivity index (χ0n) is 17.2. The van der Waals surface area contributed by atoms with Crippen molar-refractivity contribution < 1.29 is 9.84 Å². The van der Waals surface area contributed by atoms with E-state index in [1.54, 1.807) is 0 Å². The number of allylic oxidation sites excluding steroid dienone is 1. The molecular weight excluding hydrogens is 310 g/mol. The molecule has 2 N–H and O–H groups in total. The molecule has 0 radical (unpaired) electrons. The van der Waals surface area contributed by atoms with Crippen molar-refractivity contribution in [3.63, 3.8) is 0 Å². The number of rotatable bonds is 20. The molecule has 0 bridgehead atoms. The van der Waals surface area contributed by atoms with Gasteiger partial charge >= 0.3 is 0 Å². The van der Waals surface area contributed by atoms with Gasteiger partial charge in [0.05, 0.1) is 18.5 Å². The van der Waals surface area contributed by atoms with Gasteiger partial charge in [-0.05, 0) is 38.6 Å². The zero-order chi connectivity index (χ0) is 18.6. The van der Waals surface area contributed by atoms with Crippen molar-refractivity contribution >= 4 is 0 Å². The number of nitrogens with one attached hydrogen (secondary N) is 1. The maximum absolute atomic E-state index is 8.68. The van der Waals surface area contributed by atoms with Gasteiger partial charge in [0.2, 0.25) is 0 Å². The predicted octanol–water partition coefficient (Wildman–Crippen LogP) is 5.97. The minimum Gasteiger partial charge on any atom is -0.495 e. The van der Waals surface area contributed by atoms with Gasteiger partial charge in [0.1, 0.15) is 0 Å². The molecule has 0 aliphatic carbocycles. The maximum Gasteiger partial charge on any atom is 0.0979 e. The van der Waals surface area contributed by atoms with E-state index in [4.69, 9.17) is 9.84 Å². The standard InChI is InChI=1S/C22H45NO2/c1-4-6-7-8-11-14-17-22(5-2)25-21(3)16-13-10-9-12-15-18-23-19-20-24/h22-24H,3-20H2,1-2H3. The Hall–Kier alpha value is -0.540. The molecule has 0 fully saturated rings. The molecule has 0 aliphatic heterocycles. The summed E-state index contributed by atoms with van der Waals surface area (Å²) < 4.78 is 6.07. The first-order valence-electron chi connectivity index (χ1n) is 10.9. The molecule has 0 aliphatic rings. The normalized spacial score (nSPS) is 12.3. The topological polar surface area (TPSA) is 41.5 Å². The van der Waals surface area contributed by atoms with Crippen molar-refractivity contribution in [2.75, 3.05) is 19.7 Å². The van der Waals surface area contributed by atoms with Gasteiger partial charge in [-0.15, -0.1) is 0 Å². The lowest BCUT2D eigenvalue weighted by Gasteiger charge is -2.19. The van der Waals surface area contributed by atoms with E-state index >= 15 is 0 Å². The highest BCUT2D eigenvalue weighted by atomic mass is 16.5. The Morgan fingerprint density at radius 1 is 0.880 bits per heavy atom. The van der Waals surface area contributed by atoms with E-state index in [0.717, 1.165) is 25.1 Å². The molecule has 3 nitrogen and oxygen atoms in total. The molecule has 3 heteroatoms. The number of hydrogen-bond donors (Lipinski definition) is 2. The summed E-state index contributed by atoms with van der Waals surface area (Å²) in [4.78, 5) is 0. The highest BCUT2D eigenvalue weighted by Gasteiger charge is 2.08. The van der Waals surface area contributed by atoms with Crippen LogP contribution in [0, 0.1) is 0 Å². The second kappa shape index (κ2) is 19.8. The van der Waals surface area contributed by atoms with Gasteiger partial charge in [-0.3, -0.25) is 0 Å². The molecule has 150 valence electrons. The SMILES string of the molecule is C=C(CCCCCCCNCCO)OC(CC)CCCCCCCC. The summed E-state index contributed by atoms with van der Waals surface area (Å²) in [7, 11) is 0. The van der Waals surface area contributed by atoms with Crippen LogP contribution in [-0.4, -0.2) is 30.9 Å². The minimum atomic E-state index is 0.236. The largest absolute Gasteiger partial charge is 0.495 e. The van der Waals surface area contributed by atoms with E-state index in [9.17, 15) is 0 Å². The average Bonchev–Trinajstić information content (AvgIpc) is 2.62. The first-order chi connectivity index (χ1) is 12.2. The smallest absolute Gasteiger partial charge is 0.0979 e. The van der Waals surface area contributed by atoms with Crippen molar-refractivity contribution in [1.82, 2.24) is 5.32 Å². The molecule has 0 saturated carbocycles. The fourth-order valence-electron chi connectivity index (χ4n) is 3.10. The maximum atomic E-state index is 8.68.